The van der Waals surface area contributed by atoms with Gasteiger partial charge in [-0.2, -0.15) is 0 Å². The van der Waals surface area contributed by atoms with Gasteiger partial charge in [-0.05, 0) is 41.3 Å². The van der Waals surface area contributed by atoms with Crippen molar-refractivity contribution in [3.05, 3.63) is 59.7 Å². The molecule has 194 valence electrons. The largest absolute Gasteiger partial charge is 0.508 e. The number of aromatic hydroxyl groups is 2. The summed E-state index contributed by atoms with van der Waals surface area (Å²) in [4.78, 5) is 49.8. The Balaban J connectivity index is 2.15. The molecule has 0 bridgehead atoms. The average Bonchev–Trinajstić information content (AvgIpc) is 2.83. The van der Waals surface area contributed by atoms with Crippen LogP contribution in [0, 0.1) is 5.92 Å². The van der Waals surface area contributed by atoms with Gasteiger partial charge in [-0.15, -0.1) is 0 Å². The van der Waals surface area contributed by atoms with Crippen LogP contribution in [0.4, 0.5) is 0 Å². The van der Waals surface area contributed by atoms with Crippen LogP contribution in [0.1, 0.15) is 25.0 Å². The number of benzene rings is 2. The minimum atomic E-state index is -1.27. The van der Waals surface area contributed by atoms with Crippen LogP contribution in [-0.2, 0) is 32.0 Å². The number of carboxylic acid groups (broad SMARTS) is 1. The van der Waals surface area contributed by atoms with E-state index in [2.05, 4.69) is 16.0 Å². The molecular weight excluding hydrogens is 468 g/mol. The first-order chi connectivity index (χ1) is 17.0. The molecule has 0 spiro atoms. The zero-order valence-corrected chi connectivity index (χ0v) is 20.1. The van der Waals surface area contributed by atoms with Gasteiger partial charge in [-0.3, -0.25) is 14.4 Å². The molecule has 8 N–H and O–H groups in total. The van der Waals surface area contributed by atoms with Gasteiger partial charge in [0, 0.05) is 12.8 Å². The number of hydrogen-bond donors (Lipinski definition) is 7. The lowest BCUT2D eigenvalue weighted by atomic mass is 9.99. The van der Waals surface area contributed by atoms with Crippen LogP contribution in [0.5, 0.6) is 11.5 Å². The standard InChI is InChI=1S/C25H32N4O7/c1-14(2)22(24(34)28-20(25(35)36)12-16-5-9-18(31)10-6-16)29-23(33)19(27-21(32)13-26)11-15-3-7-17(30)8-4-15/h3-10,14,19-20,22,30-31H,11-13,26H2,1-2H3,(H,27,32)(H,28,34)(H,29,33)(H,35,36). The molecule has 3 atom stereocenters. The summed E-state index contributed by atoms with van der Waals surface area (Å²) in [6, 6.07) is 8.58. The number of rotatable bonds is 12. The number of hydrogen-bond acceptors (Lipinski definition) is 7. The second kappa shape index (κ2) is 13.1. The van der Waals surface area contributed by atoms with E-state index in [0.717, 1.165) is 0 Å². The Hall–Kier alpha value is -4.12. The van der Waals surface area contributed by atoms with E-state index < -0.39 is 47.7 Å². The van der Waals surface area contributed by atoms with Gasteiger partial charge in [0.1, 0.15) is 29.6 Å². The fourth-order valence-corrected chi connectivity index (χ4v) is 3.45. The van der Waals surface area contributed by atoms with E-state index in [4.69, 9.17) is 5.73 Å². The first-order valence-corrected chi connectivity index (χ1v) is 11.4. The van der Waals surface area contributed by atoms with Gasteiger partial charge in [0.05, 0.1) is 6.54 Å². The van der Waals surface area contributed by atoms with Gasteiger partial charge in [0.2, 0.25) is 17.7 Å². The Morgan fingerprint density at radius 3 is 1.64 bits per heavy atom. The third-order valence-corrected chi connectivity index (χ3v) is 5.45. The lowest BCUT2D eigenvalue weighted by Gasteiger charge is -2.26. The topological polar surface area (TPSA) is 191 Å². The van der Waals surface area contributed by atoms with Crippen molar-refractivity contribution in [2.24, 2.45) is 11.7 Å². The SMILES string of the molecule is CC(C)C(NC(=O)C(Cc1ccc(O)cc1)NC(=O)CN)C(=O)NC(Cc1ccc(O)cc1)C(=O)O. The Bertz CT molecular complexity index is 1060. The molecule has 0 fully saturated rings. The number of carbonyl (C=O) groups is 4. The van der Waals surface area contributed by atoms with Crippen molar-refractivity contribution in [2.45, 2.75) is 44.8 Å². The van der Waals surface area contributed by atoms with Crippen LogP contribution in [0.2, 0.25) is 0 Å². The number of nitrogens with one attached hydrogen (secondary N) is 3. The van der Waals surface area contributed by atoms with Crippen molar-refractivity contribution in [1.29, 1.82) is 0 Å². The maximum Gasteiger partial charge on any atom is 0.326 e. The van der Waals surface area contributed by atoms with Crippen molar-refractivity contribution >= 4 is 23.7 Å². The number of nitrogens with two attached hydrogens (primary N) is 1. The van der Waals surface area contributed by atoms with Crippen molar-refractivity contribution in [2.75, 3.05) is 6.54 Å². The first kappa shape index (κ1) is 28.1. The molecule has 3 amide bonds. The highest BCUT2D eigenvalue weighted by Gasteiger charge is 2.31. The van der Waals surface area contributed by atoms with Gasteiger partial charge < -0.3 is 37.0 Å². The van der Waals surface area contributed by atoms with Gasteiger partial charge >= 0.3 is 5.97 Å². The zero-order valence-electron chi connectivity index (χ0n) is 20.1. The van der Waals surface area contributed by atoms with Crippen molar-refractivity contribution in [3.63, 3.8) is 0 Å². The molecule has 11 heteroatoms. The van der Waals surface area contributed by atoms with E-state index >= 15 is 0 Å². The first-order valence-electron chi connectivity index (χ1n) is 11.4. The van der Waals surface area contributed by atoms with Crippen LogP contribution < -0.4 is 21.7 Å². The van der Waals surface area contributed by atoms with Crippen molar-refractivity contribution in [1.82, 2.24) is 16.0 Å². The number of phenolic OH excluding ortho intramolecular Hbond substituents is 2. The molecule has 0 saturated carbocycles. The number of aliphatic carboxylic acids is 1. The highest BCUT2D eigenvalue weighted by molar-refractivity contribution is 5.94. The number of phenols is 2. The second-order valence-corrected chi connectivity index (χ2v) is 8.70. The summed E-state index contributed by atoms with van der Waals surface area (Å²) < 4.78 is 0. The van der Waals surface area contributed by atoms with E-state index in [9.17, 15) is 34.5 Å². The summed E-state index contributed by atoms with van der Waals surface area (Å²) in [7, 11) is 0. The molecular formula is C25H32N4O7. The Morgan fingerprint density at radius 2 is 1.22 bits per heavy atom. The third kappa shape index (κ3) is 8.58. The predicted octanol–water partition coefficient (Wildman–Crippen LogP) is 0.0367. The van der Waals surface area contributed by atoms with Crippen molar-refractivity contribution < 1.29 is 34.5 Å². The fraction of sp³-hybridized carbons (Fsp3) is 0.360. The minimum Gasteiger partial charge on any atom is -0.508 e. The maximum atomic E-state index is 13.1. The summed E-state index contributed by atoms with van der Waals surface area (Å²) in [5.41, 5.74) is 6.61. The van der Waals surface area contributed by atoms with Crippen LogP contribution in [0.25, 0.3) is 0 Å². The average molecular weight is 501 g/mol. The lowest BCUT2D eigenvalue weighted by molar-refractivity contribution is -0.142. The van der Waals surface area contributed by atoms with Crippen LogP contribution in [0.3, 0.4) is 0 Å². The summed E-state index contributed by atoms with van der Waals surface area (Å²) in [6.07, 6.45) is 0.0407. The van der Waals surface area contributed by atoms with Crippen molar-refractivity contribution in [3.8, 4) is 11.5 Å². The number of carbonyl (C=O) groups excluding carboxylic acids is 3. The smallest absolute Gasteiger partial charge is 0.326 e. The molecule has 2 rings (SSSR count). The molecule has 0 saturated heterocycles. The highest BCUT2D eigenvalue weighted by Crippen LogP contribution is 2.14. The maximum absolute atomic E-state index is 13.1. The molecule has 2 aromatic rings. The van der Waals surface area contributed by atoms with Gasteiger partial charge in [0.25, 0.3) is 0 Å². The van der Waals surface area contributed by atoms with E-state index in [1.165, 1.54) is 24.3 Å². The minimum absolute atomic E-state index is 0.0285. The number of carboxylic acids is 1. The third-order valence-electron chi connectivity index (χ3n) is 5.45. The van der Waals surface area contributed by atoms with Crippen LogP contribution >= 0.6 is 0 Å². The molecule has 0 aliphatic rings. The molecule has 0 radical (unpaired) electrons. The molecule has 0 aromatic heterocycles. The summed E-state index contributed by atoms with van der Waals surface area (Å²) >= 11 is 0. The van der Waals surface area contributed by atoms with Gasteiger partial charge in [-0.25, -0.2) is 4.79 Å². The predicted molar refractivity (Wildman–Crippen MR) is 131 cm³/mol. The lowest BCUT2D eigenvalue weighted by Crippen LogP contribution is -2.58. The molecule has 11 nitrogen and oxygen atoms in total. The Labute approximate surface area is 208 Å². The number of amides is 3. The summed E-state index contributed by atoms with van der Waals surface area (Å²) in [5, 5.41) is 36.1. The second-order valence-electron chi connectivity index (χ2n) is 8.70. The molecule has 0 heterocycles. The molecule has 0 aliphatic carbocycles. The highest BCUT2D eigenvalue weighted by atomic mass is 16.4. The molecule has 0 aliphatic heterocycles. The quantitative estimate of drug-likeness (QED) is 0.212. The normalized spacial score (nSPS) is 13.3. The zero-order chi connectivity index (χ0) is 26.8. The van der Waals surface area contributed by atoms with E-state index in [1.54, 1.807) is 38.1 Å². The van der Waals surface area contributed by atoms with Gasteiger partial charge in [0.15, 0.2) is 0 Å². The van der Waals surface area contributed by atoms with Crippen LogP contribution in [-0.4, -0.2) is 63.7 Å². The van der Waals surface area contributed by atoms with E-state index in [1.807, 2.05) is 0 Å². The molecule has 3 unspecified atom stereocenters. The van der Waals surface area contributed by atoms with Gasteiger partial charge in [-0.1, -0.05) is 38.1 Å². The summed E-state index contributed by atoms with van der Waals surface area (Å²) in [6.45, 7) is 3.03. The Morgan fingerprint density at radius 1 is 0.750 bits per heavy atom. The fourth-order valence-electron chi connectivity index (χ4n) is 3.45. The Kier molecular flexibility index (Phi) is 10.2. The summed E-state index contributed by atoms with van der Waals surface area (Å²) in [5.74, 6) is -3.51. The van der Waals surface area contributed by atoms with Crippen LogP contribution in [0.15, 0.2) is 48.5 Å². The molecule has 2 aromatic carbocycles. The van der Waals surface area contributed by atoms with E-state index in [0.29, 0.717) is 11.1 Å². The molecule has 36 heavy (non-hydrogen) atoms. The van der Waals surface area contributed by atoms with E-state index in [-0.39, 0.29) is 30.9 Å². The monoisotopic (exact) mass is 500 g/mol.